The first-order valence-corrected chi connectivity index (χ1v) is 31.6. The van der Waals surface area contributed by atoms with E-state index >= 15 is 0 Å². The standard InChI is InChI=1S/C38H40N6O4S.C31H35N7O2/c1-43(2)17-8-15-37(46)42-32-12-7-11-29(23-32)36(45)21-28-10-6-9-27(19-28)20-33-24-35(41-26-40-33)31-22-30-16-18-44(38(30)39-25-31)49(47,48)34-13-4-3-5-14-34;1-38(2)13-5-10-27(39)15-21-6-3-7-23(14-21)31(40)37-26-9-4-8-25(17-26)36-29-18-28(34-20-35-29)24-16-22-11-12-32-30(22)33-19-24/h3-6,8-10,13-16,18-19,22,24-26,29,32H,7,11-12,17,20-21,23H2,1-2H3,(H,42,46);4-5,8-12,16-21,23H,3,6-7,13-15H2,1-2H3,(H,32,33)(H,37,40)(H,34,35,36)/b15-8+;10-5+. The van der Waals surface area contributed by atoms with Gasteiger partial charge in [-0.1, -0.05) is 73.5 Å². The van der Waals surface area contributed by atoms with Crippen LogP contribution in [0.4, 0.5) is 17.2 Å². The molecule has 2 amide bonds. The van der Waals surface area contributed by atoms with Crippen molar-refractivity contribution in [1.82, 2.24) is 54.0 Å². The second-order valence-corrected chi connectivity index (χ2v) is 25.3. The van der Waals surface area contributed by atoms with Gasteiger partial charge in [0, 0.05) is 126 Å². The Bertz CT molecular complexity index is 4120. The molecule has 0 saturated heterocycles. The predicted octanol–water partition coefficient (Wildman–Crippen LogP) is 10.8. The zero-order chi connectivity index (χ0) is 62.3. The molecule has 0 bridgehead atoms. The fourth-order valence-electron chi connectivity index (χ4n) is 11.5. The minimum atomic E-state index is -3.78. The zero-order valence-corrected chi connectivity index (χ0v) is 51.4. The summed E-state index contributed by atoms with van der Waals surface area (Å²) < 4.78 is 27.6. The molecule has 6 aromatic heterocycles. The van der Waals surface area contributed by atoms with Crippen LogP contribution in [-0.4, -0.2) is 128 Å². The number of allylic oxidation sites excluding steroid dienone is 1. The van der Waals surface area contributed by atoms with E-state index in [1.54, 1.807) is 60.9 Å². The number of aromatic amines is 1. The molecule has 3 aromatic carbocycles. The van der Waals surface area contributed by atoms with Crippen LogP contribution >= 0.6 is 0 Å². The Labute approximate surface area is 519 Å². The maximum absolute atomic E-state index is 13.3. The van der Waals surface area contributed by atoms with Crippen LogP contribution in [0.1, 0.15) is 74.6 Å². The molecule has 9 aromatic rings. The van der Waals surface area contributed by atoms with E-state index < -0.39 is 10.0 Å². The molecule has 11 rings (SSSR count). The van der Waals surface area contributed by atoms with Crippen LogP contribution < -0.4 is 16.0 Å². The molecule has 4 N–H and O–H groups in total. The van der Waals surface area contributed by atoms with E-state index in [0.29, 0.717) is 54.8 Å². The van der Waals surface area contributed by atoms with Crippen LogP contribution in [0.15, 0.2) is 182 Å². The number of likely N-dealkylation sites (N-methyl/N-ethyl adjacent to an activating group) is 2. The highest BCUT2D eigenvalue weighted by Crippen LogP contribution is 2.34. The summed E-state index contributed by atoms with van der Waals surface area (Å²) in [5, 5.41) is 11.2. The average Bonchev–Trinajstić information content (AvgIpc) is 1.87. The number of rotatable bonds is 22. The van der Waals surface area contributed by atoms with E-state index in [0.717, 1.165) is 108 Å². The number of aromatic nitrogens is 8. The highest BCUT2D eigenvalue weighted by atomic mass is 32.2. The molecular weight excluding hydrogens is 1140 g/mol. The van der Waals surface area contributed by atoms with Crippen molar-refractivity contribution in [2.24, 2.45) is 17.8 Å². The van der Waals surface area contributed by atoms with E-state index in [9.17, 15) is 27.6 Å². The maximum Gasteiger partial charge on any atom is 0.269 e. The number of carbonyl (C=O) groups excluding carboxylic acids is 4. The summed E-state index contributed by atoms with van der Waals surface area (Å²) in [5.41, 5.74) is 8.58. The summed E-state index contributed by atoms with van der Waals surface area (Å²) in [6, 6.07) is 35.3. The predicted molar refractivity (Wildman–Crippen MR) is 348 cm³/mol. The second kappa shape index (κ2) is 29.6. The summed E-state index contributed by atoms with van der Waals surface area (Å²) in [5.74, 6) is 0.970. The number of Topliss-reactive ketones (excluding diaryl/α,β-unsaturated/α-hetero) is 1. The molecule has 2 fully saturated rings. The smallest absolute Gasteiger partial charge is 0.269 e. The number of nitrogens with zero attached hydrogens (tertiary/aromatic N) is 9. The number of pyridine rings is 2. The third kappa shape index (κ3) is 17.2. The molecule has 0 radical (unpaired) electrons. The molecule has 89 heavy (non-hydrogen) atoms. The Morgan fingerprint density at radius 3 is 2.18 bits per heavy atom. The number of H-pyrrole nitrogens is 1. The summed E-state index contributed by atoms with van der Waals surface area (Å²) >= 11 is 0. The highest BCUT2D eigenvalue weighted by Gasteiger charge is 2.30. The van der Waals surface area contributed by atoms with Crippen molar-refractivity contribution in [1.29, 1.82) is 0 Å². The summed E-state index contributed by atoms with van der Waals surface area (Å²) in [6.07, 6.45) is 25.1. The van der Waals surface area contributed by atoms with Crippen LogP contribution in [0.2, 0.25) is 0 Å². The van der Waals surface area contributed by atoms with Gasteiger partial charge in [0.05, 0.1) is 16.3 Å². The first kappa shape index (κ1) is 62.7. The topological polar surface area (TPSA) is 243 Å². The van der Waals surface area contributed by atoms with Crippen molar-refractivity contribution >= 4 is 72.7 Å². The number of hydrogen-bond donors (Lipinski definition) is 4. The zero-order valence-electron chi connectivity index (χ0n) is 50.6. The maximum atomic E-state index is 13.3. The first-order chi connectivity index (χ1) is 43.1. The van der Waals surface area contributed by atoms with E-state index in [4.69, 9.17) is 0 Å². The molecule has 458 valence electrons. The van der Waals surface area contributed by atoms with Gasteiger partial charge in [-0.25, -0.2) is 42.3 Å². The molecule has 0 spiro atoms. The lowest BCUT2D eigenvalue weighted by Gasteiger charge is -2.28. The Balaban J connectivity index is 0.000000200. The van der Waals surface area contributed by atoms with Gasteiger partial charge in [-0.15, -0.1) is 0 Å². The van der Waals surface area contributed by atoms with E-state index in [2.05, 4.69) is 56.9 Å². The Morgan fingerprint density at radius 2 is 1.37 bits per heavy atom. The lowest BCUT2D eigenvalue weighted by Crippen LogP contribution is -2.39. The van der Waals surface area contributed by atoms with Gasteiger partial charge in [0.15, 0.2) is 11.4 Å². The van der Waals surface area contributed by atoms with Gasteiger partial charge in [-0.3, -0.25) is 19.2 Å². The van der Waals surface area contributed by atoms with Crippen molar-refractivity contribution in [3.05, 3.63) is 194 Å². The molecular formula is C69H75N13O6S. The van der Waals surface area contributed by atoms with E-state index in [1.165, 1.54) is 22.8 Å². The molecule has 19 nitrogen and oxygen atoms in total. The molecule has 6 heterocycles. The van der Waals surface area contributed by atoms with Gasteiger partial charge in [0.1, 0.15) is 29.9 Å². The number of benzene rings is 3. The molecule has 0 aliphatic heterocycles. The average molecular weight is 1210 g/mol. The van der Waals surface area contributed by atoms with Gasteiger partial charge >= 0.3 is 0 Å². The number of fused-ring (bicyclic) bond motifs is 2. The van der Waals surface area contributed by atoms with Gasteiger partial charge in [-0.05, 0) is 151 Å². The monoisotopic (exact) mass is 1210 g/mol. The second-order valence-electron chi connectivity index (χ2n) is 23.5. The number of nitrogens with one attached hydrogen (secondary N) is 4. The molecule has 2 saturated carbocycles. The summed E-state index contributed by atoms with van der Waals surface area (Å²) in [4.78, 5) is 85.2. The normalized spacial score (nSPS) is 17.0. The Hall–Kier alpha value is -9.37. The minimum Gasteiger partial charge on any atom is -0.350 e. The lowest BCUT2D eigenvalue weighted by molar-refractivity contribution is -0.124. The van der Waals surface area contributed by atoms with Crippen molar-refractivity contribution in [3.63, 3.8) is 0 Å². The Kier molecular flexibility index (Phi) is 20.8. The fraction of sp³-hybridized carbons (Fsp3) is 0.304. The minimum absolute atomic E-state index is 0.00872. The van der Waals surface area contributed by atoms with E-state index in [-0.39, 0.29) is 52.1 Å². The third-order valence-corrected chi connectivity index (χ3v) is 17.6. The Morgan fingerprint density at radius 1 is 0.663 bits per heavy atom. The number of ketones is 2. The molecule has 20 heteroatoms. The highest BCUT2D eigenvalue weighted by molar-refractivity contribution is 7.90. The fourth-order valence-corrected chi connectivity index (χ4v) is 12.9. The molecule has 4 unspecified atom stereocenters. The van der Waals surface area contributed by atoms with Crippen molar-refractivity contribution in [2.45, 2.75) is 81.6 Å². The first-order valence-electron chi connectivity index (χ1n) is 30.2. The van der Waals surface area contributed by atoms with Gasteiger partial charge < -0.3 is 30.7 Å². The van der Waals surface area contributed by atoms with Crippen LogP contribution in [-0.2, 0) is 42.0 Å². The largest absolute Gasteiger partial charge is 0.350 e. The number of anilines is 3. The third-order valence-electron chi connectivity index (χ3n) is 16.0. The van der Waals surface area contributed by atoms with Crippen LogP contribution in [0.25, 0.3) is 44.6 Å². The van der Waals surface area contributed by atoms with Gasteiger partial charge in [0.25, 0.3) is 10.0 Å². The number of hydrogen-bond acceptors (Lipinski definition) is 15. The van der Waals surface area contributed by atoms with Crippen molar-refractivity contribution in [3.8, 4) is 22.5 Å². The number of carbonyl (C=O) groups is 4. The van der Waals surface area contributed by atoms with E-state index in [1.807, 2.05) is 129 Å². The lowest BCUT2D eigenvalue weighted by atomic mass is 9.78. The summed E-state index contributed by atoms with van der Waals surface area (Å²) in [6.45, 7) is 1.45. The number of amides is 2. The SMILES string of the molecule is CN(C)C/C=C/C(=O)CC1CCCC(C(=O)Nc2cccc(Nc3cc(-c4cnc5[nH]ccc5c4)ncn3)c2)C1.CN(C)C/C=C/C(=O)NC1CCCC(C(=O)Cc2cccc(Cc3cc(-c4cnc5c(ccn5S(=O)(=O)c5ccccc5)c4)ncn3)c2)C1. The van der Waals surface area contributed by atoms with Crippen LogP contribution in [0.3, 0.4) is 0 Å². The van der Waals surface area contributed by atoms with Gasteiger partial charge in [-0.2, -0.15) is 0 Å². The quantitative estimate of drug-likeness (QED) is 0.0461. The van der Waals surface area contributed by atoms with Crippen molar-refractivity contribution in [2.75, 3.05) is 51.9 Å². The van der Waals surface area contributed by atoms with Crippen molar-refractivity contribution < 1.29 is 27.6 Å². The van der Waals surface area contributed by atoms with Gasteiger partial charge in [0.2, 0.25) is 11.8 Å². The molecule has 2 aliphatic rings. The summed E-state index contributed by atoms with van der Waals surface area (Å²) in [7, 11) is 4.07. The van der Waals surface area contributed by atoms with Crippen LogP contribution in [0.5, 0.6) is 0 Å². The molecule has 4 atom stereocenters. The molecule has 2 aliphatic carbocycles. The van der Waals surface area contributed by atoms with Crippen LogP contribution in [0, 0.1) is 17.8 Å².